The number of rotatable bonds is 6. The number of carbonyl (C=O) groups is 1. The highest BCUT2D eigenvalue weighted by Crippen LogP contribution is 2.19. The molecule has 1 atom stereocenters. The number of fused-ring (bicyclic) bond motifs is 1. The SMILES string of the molecule is O=C([O-])C(Cc1c[nH]c2ccccc12)NS(=O)(=O)c1ccccc1. The van der Waals surface area contributed by atoms with Gasteiger partial charge in [0.05, 0.1) is 16.9 Å². The Balaban J connectivity index is 1.87. The fourth-order valence-corrected chi connectivity index (χ4v) is 3.75. The minimum atomic E-state index is -3.94. The van der Waals surface area contributed by atoms with Gasteiger partial charge in [0.25, 0.3) is 0 Å². The van der Waals surface area contributed by atoms with E-state index in [1.165, 1.54) is 12.1 Å². The van der Waals surface area contributed by atoms with Crippen molar-refractivity contribution in [3.8, 4) is 0 Å². The lowest BCUT2D eigenvalue weighted by molar-refractivity contribution is -0.307. The molecule has 1 aromatic heterocycles. The van der Waals surface area contributed by atoms with Crippen molar-refractivity contribution < 1.29 is 18.3 Å². The normalized spacial score (nSPS) is 13.0. The second kappa shape index (κ2) is 6.46. The Hall–Kier alpha value is -2.64. The third-order valence-corrected chi connectivity index (χ3v) is 5.22. The van der Waals surface area contributed by atoms with Crippen LogP contribution >= 0.6 is 0 Å². The standard InChI is InChI=1S/C17H16N2O4S/c20-17(21)16(19-24(22,23)13-6-2-1-3-7-13)10-12-11-18-15-9-5-4-8-14(12)15/h1-9,11,16,18-19H,10H2,(H,20,21)/p-1. The van der Waals surface area contributed by atoms with Crippen LogP contribution in [-0.4, -0.2) is 25.4 Å². The first-order valence-electron chi connectivity index (χ1n) is 7.30. The Bertz CT molecular complexity index is 964. The Kier molecular flexibility index (Phi) is 4.37. The smallest absolute Gasteiger partial charge is 0.241 e. The maximum atomic E-state index is 12.3. The van der Waals surface area contributed by atoms with Crippen LogP contribution in [0.4, 0.5) is 0 Å². The van der Waals surface area contributed by atoms with Crippen LogP contribution < -0.4 is 9.83 Å². The highest BCUT2D eigenvalue weighted by molar-refractivity contribution is 7.89. The summed E-state index contributed by atoms with van der Waals surface area (Å²) in [7, 11) is -3.94. The molecule has 0 aliphatic carbocycles. The number of para-hydroxylation sites is 1. The molecule has 0 aliphatic rings. The lowest BCUT2D eigenvalue weighted by Gasteiger charge is -2.19. The molecule has 0 aliphatic heterocycles. The summed E-state index contributed by atoms with van der Waals surface area (Å²) in [4.78, 5) is 14.5. The molecule has 2 N–H and O–H groups in total. The number of sulfonamides is 1. The minimum absolute atomic E-state index is 0.00942. The van der Waals surface area contributed by atoms with Crippen molar-refractivity contribution >= 4 is 26.9 Å². The molecule has 6 nitrogen and oxygen atoms in total. The van der Waals surface area contributed by atoms with Gasteiger partial charge in [-0.1, -0.05) is 36.4 Å². The van der Waals surface area contributed by atoms with Crippen molar-refractivity contribution in [2.45, 2.75) is 17.4 Å². The molecule has 124 valence electrons. The molecule has 3 aromatic rings. The van der Waals surface area contributed by atoms with Gasteiger partial charge in [-0.2, -0.15) is 0 Å². The highest BCUT2D eigenvalue weighted by atomic mass is 32.2. The van der Waals surface area contributed by atoms with Gasteiger partial charge in [0, 0.05) is 17.1 Å². The topological polar surface area (TPSA) is 102 Å². The van der Waals surface area contributed by atoms with Crippen molar-refractivity contribution in [1.29, 1.82) is 0 Å². The first-order valence-corrected chi connectivity index (χ1v) is 8.79. The summed E-state index contributed by atoms with van der Waals surface area (Å²) < 4.78 is 26.9. The van der Waals surface area contributed by atoms with E-state index in [1.54, 1.807) is 24.4 Å². The van der Waals surface area contributed by atoms with Gasteiger partial charge < -0.3 is 14.9 Å². The predicted octanol–water partition coefficient (Wildman–Crippen LogP) is 0.807. The summed E-state index contributed by atoms with van der Waals surface area (Å²) in [5.74, 6) is -1.47. The van der Waals surface area contributed by atoms with Crippen molar-refractivity contribution in [2.24, 2.45) is 0 Å². The lowest BCUT2D eigenvalue weighted by Crippen LogP contribution is -2.49. The van der Waals surface area contributed by atoms with E-state index in [9.17, 15) is 18.3 Å². The van der Waals surface area contributed by atoms with Crippen LogP contribution in [0.5, 0.6) is 0 Å². The summed E-state index contributed by atoms with van der Waals surface area (Å²) in [6, 6.07) is 13.7. The maximum Gasteiger partial charge on any atom is 0.241 e. The number of carbonyl (C=O) groups excluding carboxylic acids is 1. The van der Waals surface area contributed by atoms with Crippen LogP contribution in [0.3, 0.4) is 0 Å². The van der Waals surface area contributed by atoms with E-state index in [4.69, 9.17) is 0 Å². The molecule has 0 spiro atoms. The van der Waals surface area contributed by atoms with E-state index in [0.717, 1.165) is 10.9 Å². The minimum Gasteiger partial charge on any atom is -0.548 e. The number of hydrogen-bond acceptors (Lipinski definition) is 4. The van der Waals surface area contributed by atoms with E-state index in [2.05, 4.69) is 9.71 Å². The van der Waals surface area contributed by atoms with Crippen LogP contribution in [0, 0.1) is 0 Å². The van der Waals surface area contributed by atoms with Crippen molar-refractivity contribution in [3.05, 3.63) is 66.4 Å². The van der Waals surface area contributed by atoms with Gasteiger partial charge in [-0.15, -0.1) is 0 Å². The number of benzene rings is 2. The van der Waals surface area contributed by atoms with Crippen molar-refractivity contribution in [2.75, 3.05) is 0 Å². The molecule has 7 heteroatoms. The molecule has 0 saturated carbocycles. The van der Waals surface area contributed by atoms with Crippen LogP contribution in [0.15, 0.2) is 65.7 Å². The van der Waals surface area contributed by atoms with Crippen LogP contribution in [0.25, 0.3) is 10.9 Å². The quantitative estimate of drug-likeness (QED) is 0.691. The molecule has 1 heterocycles. The number of H-pyrrole nitrogens is 1. The van der Waals surface area contributed by atoms with Gasteiger partial charge in [-0.25, -0.2) is 13.1 Å². The fraction of sp³-hybridized carbons (Fsp3) is 0.118. The van der Waals surface area contributed by atoms with E-state index in [0.29, 0.717) is 5.56 Å². The van der Waals surface area contributed by atoms with Gasteiger partial charge in [0.2, 0.25) is 10.0 Å². The Morgan fingerprint density at radius 2 is 1.75 bits per heavy atom. The third-order valence-electron chi connectivity index (χ3n) is 3.73. The number of hydrogen-bond donors (Lipinski definition) is 2. The first kappa shape index (κ1) is 16.2. The maximum absolute atomic E-state index is 12.3. The number of carboxylic acids is 1. The Morgan fingerprint density at radius 1 is 1.08 bits per heavy atom. The molecule has 3 rings (SSSR count). The summed E-state index contributed by atoms with van der Waals surface area (Å²) in [5, 5.41) is 12.3. The third kappa shape index (κ3) is 3.32. The molecule has 0 saturated heterocycles. The predicted molar refractivity (Wildman–Crippen MR) is 87.6 cm³/mol. The van der Waals surface area contributed by atoms with E-state index in [-0.39, 0.29) is 11.3 Å². The zero-order chi connectivity index (χ0) is 17.2. The van der Waals surface area contributed by atoms with E-state index in [1.807, 2.05) is 24.3 Å². The average Bonchev–Trinajstić information content (AvgIpc) is 2.98. The number of aromatic amines is 1. The number of aliphatic carboxylic acids is 1. The molecular formula is C17H15N2O4S-. The summed E-state index contributed by atoms with van der Waals surface area (Å²) in [5.41, 5.74) is 1.56. The molecule has 0 radical (unpaired) electrons. The van der Waals surface area contributed by atoms with Gasteiger partial charge >= 0.3 is 0 Å². The molecule has 1 unspecified atom stereocenters. The van der Waals surface area contributed by atoms with Crippen LogP contribution in [0.1, 0.15) is 5.56 Å². The number of aromatic nitrogens is 1. The van der Waals surface area contributed by atoms with Crippen LogP contribution in [0.2, 0.25) is 0 Å². The Morgan fingerprint density at radius 3 is 2.46 bits per heavy atom. The van der Waals surface area contributed by atoms with Gasteiger partial charge in [-0.3, -0.25) is 0 Å². The molecule has 0 bridgehead atoms. The van der Waals surface area contributed by atoms with Gasteiger partial charge in [0.1, 0.15) is 0 Å². The van der Waals surface area contributed by atoms with Crippen molar-refractivity contribution in [1.82, 2.24) is 9.71 Å². The second-order valence-electron chi connectivity index (χ2n) is 5.37. The Labute approximate surface area is 139 Å². The number of nitrogens with one attached hydrogen (secondary N) is 2. The van der Waals surface area contributed by atoms with E-state index >= 15 is 0 Å². The molecule has 0 fully saturated rings. The van der Waals surface area contributed by atoms with Crippen molar-refractivity contribution in [3.63, 3.8) is 0 Å². The molecular weight excluding hydrogens is 328 g/mol. The second-order valence-corrected chi connectivity index (χ2v) is 7.08. The highest BCUT2D eigenvalue weighted by Gasteiger charge is 2.22. The largest absolute Gasteiger partial charge is 0.548 e. The van der Waals surface area contributed by atoms with Crippen LogP contribution in [-0.2, 0) is 21.2 Å². The monoisotopic (exact) mass is 343 g/mol. The number of carboxylic acid groups (broad SMARTS) is 1. The summed E-state index contributed by atoms with van der Waals surface area (Å²) >= 11 is 0. The molecule has 24 heavy (non-hydrogen) atoms. The van der Waals surface area contributed by atoms with E-state index < -0.39 is 22.0 Å². The zero-order valence-corrected chi connectivity index (χ0v) is 13.4. The lowest BCUT2D eigenvalue weighted by atomic mass is 10.1. The molecule has 0 amide bonds. The summed E-state index contributed by atoms with van der Waals surface area (Å²) in [6.07, 6.45) is 1.66. The van der Waals surface area contributed by atoms with Gasteiger partial charge in [-0.05, 0) is 30.2 Å². The fourth-order valence-electron chi connectivity index (χ4n) is 2.55. The zero-order valence-electron chi connectivity index (χ0n) is 12.6. The molecule has 2 aromatic carbocycles. The average molecular weight is 343 g/mol. The first-order chi connectivity index (χ1) is 11.5. The van der Waals surface area contributed by atoms with Gasteiger partial charge in [0.15, 0.2) is 0 Å². The summed E-state index contributed by atoms with van der Waals surface area (Å²) in [6.45, 7) is 0.